The molecule has 106 valence electrons. The number of rotatable bonds is 2. The van der Waals surface area contributed by atoms with Crippen molar-refractivity contribution in [2.24, 2.45) is 5.73 Å². The lowest BCUT2D eigenvalue weighted by molar-refractivity contribution is 0.155. The van der Waals surface area contributed by atoms with Gasteiger partial charge in [0.1, 0.15) is 0 Å². The van der Waals surface area contributed by atoms with E-state index < -0.39 is 0 Å². The molecule has 0 amide bonds. The van der Waals surface area contributed by atoms with Crippen molar-refractivity contribution >= 4 is 21.6 Å². The molecule has 1 aromatic rings. The molecule has 1 unspecified atom stereocenters. The Bertz CT molecular complexity index is 459. The fourth-order valence-electron chi connectivity index (χ4n) is 3.02. The maximum Gasteiger partial charge on any atom is 0.0473 e. The van der Waals surface area contributed by atoms with Gasteiger partial charge in [0.2, 0.25) is 0 Å². The summed E-state index contributed by atoms with van der Waals surface area (Å²) in [5.41, 5.74) is 8.66. The Labute approximate surface area is 124 Å². The van der Waals surface area contributed by atoms with Crippen molar-refractivity contribution < 1.29 is 0 Å². The van der Waals surface area contributed by atoms with Crippen LogP contribution in [0, 0.1) is 6.92 Å². The maximum absolute atomic E-state index is 5.91. The number of piperazine rings is 1. The number of nitrogens with two attached hydrogens (primary N) is 1. The number of benzene rings is 1. The third-order valence-corrected chi connectivity index (χ3v) is 4.60. The van der Waals surface area contributed by atoms with Crippen LogP contribution in [0.25, 0.3) is 0 Å². The van der Waals surface area contributed by atoms with E-state index in [0.29, 0.717) is 12.6 Å². The molecule has 1 aromatic carbocycles. The average molecular weight is 326 g/mol. The molecule has 0 saturated carbocycles. The highest BCUT2D eigenvalue weighted by Crippen LogP contribution is 2.32. The van der Waals surface area contributed by atoms with Crippen LogP contribution < -0.4 is 10.6 Å². The van der Waals surface area contributed by atoms with Crippen molar-refractivity contribution in [1.29, 1.82) is 0 Å². The molecule has 0 aromatic heterocycles. The second kappa shape index (κ2) is 5.43. The number of hydrogen-bond donors (Lipinski definition) is 1. The van der Waals surface area contributed by atoms with Crippen LogP contribution in [0.1, 0.15) is 19.4 Å². The molecular formula is C15H24BrN3. The van der Waals surface area contributed by atoms with Crippen LogP contribution in [0.2, 0.25) is 0 Å². The van der Waals surface area contributed by atoms with E-state index in [1.54, 1.807) is 0 Å². The van der Waals surface area contributed by atoms with Crippen LogP contribution in [-0.4, -0.2) is 43.2 Å². The number of likely N-dealkylation sites (N-methyl/N-ethyl adjacent to an activating group) is 1. The van der Waals surface area contributed by atoms with E-state index in [1.807, 2.05) is 0 Å². The van der Waals surface area contributed by atoms with Crippen molar-refractivity contribution in [1.82, 2.24) is 4.90 Å². The molecule has 1 heterocycles. The third-order valence-electron chi connectivity index (χ3n) is 4.11. The summed E-state index contributed by atoms with van der Waals surface area (Å²) in [6.07, 6.45) is 0. The first kappa shape index (κ1) is 14.8. The molecule has 0 aliphatic carbocycles. The van der Waals surface area contributed by atoms with Gasteiger partial charge in [0.15, 0.2) is 0 Å². The molecule has 0 spiro atoms. The molecule has 1 saturated heterocycles. The summed E-state index contributed by atoms with van der Waals surface area (Å²) < 4.78 is 1.14. The zero-order chi connectivity index (χ0) is 14.2. The Morgan fingerprint density at radius 1 is 1.42 bits per heavy atom. The summed E-state index contributed by atoms with van der Waals surface area (Å²) in [5.74, 6) is 0. The minimum atomic E-state index is 0.124. The minimum Gasteiger partial charge on any atom is -0.363 e. The Hall–Kier alpha value is -0.580. The number of halogens is 1. The Kier molecular flexibility index (Phi) is 4.23. The normalized spacial score (nSPS) is 23.7. The number of nitrogens with zero attached hydrogens (tertiary/aromatic N) is 2. The molecule has 1 fully saturated rings. The summed E-state index contributed by atoms with van der Waals surface area (Å²) in [6, 6.07) is 6.94. The smallest absolute Gasteiger partial charge is 0.0473 e. The summed E-state index contributed by atoms with van der Waals surface area (Å²) in [6.45, 7) is 9.51. The van der Waals surface area contributed by atoms with Crippen molar-refractivity contribution in [3.8, 4) is 0 Å². The van der Waals surface area contributed by atoms with Crippen LogP contribution in [0.15, 0.2) is 22.7 Å². The van der Waals surface area contributed by atoms with Crippen molar-refractivity contribution in [3.63, 3.8) is 0 Å². The van der Waals surface area contributed by atoms with E-state index in [0.717, 1.165) is 17.6 Å². The lowest BCUT2D eigenvalue weighted by Crippen LogP contribution is -2.64. The summed E-state index contributed by atoms with van der Waals surface area (Å²) in [7, 11) is 2.17. The lowest BCUT2D eigenvalue weighted by Gasteiger charge is -2.51. The highest BCUT2D eigenvalue weighted by Gasteiger charge is 2.37. The number of hydrogen-bond acceptors (Lipinski definition) is 3. The zero-order valence-electron chi connectivity index (χ0n) is 12.3. The fourth-order valence-corrected chi connectivity index (χ4v) is 3.50. The Morgan fingerprint density at radius 2 is 2.11 bits per heavy atom. The summed E-state index contributed by atoms with van der Waals surface area (Å²) in [4.78, 5) is 4.89. The van der Waals surface area contributed by atoms with Gasteiger partial charge >= 0.3 is 0 Å². The summed E-state index contributed by atoms with van der Waals surface area (Å²) >= 11 is 3.54. The van der Waals surface area contributed by atoms with Gasteiger partial charge in [0, 0.05) is 41.4 Å². The predicted molar refractivity (Wildman–Crippen MR) is 85.8 cm³/mol. The van der Waals surface area contributed by atoms with Crippen LogP contribution in [0.4, 0.5) is 5.69 Å². The summed E-state index contributed by atoms with van der Waals surface area (Å²) in [5, 5.41) is 0. The molecular weight excluding hydrogens is 302 g/mol. The van der Waals surface area contributed by atoms with Gasteiger partial charge in [-0.1, -0.05) is 15.9 Å². The molecule has 2 N–H and O–H groups in total. The van der Waals surface area contributed by atoms with E-state index >= 15 is 0 Å². The van der Waals surface area contributed by atoms with Gasteiger partial charge in [0.25, 0.3) is 0 Å². The van der Waals surface area contributed by atoms with E-state index in [2.05, 4.69) is 71.7 Å². The van der Waals surface area contributed by atoms with Crippen molar-refractivity contribution in [2.75, 3.05) is 31.6 Å². The first-order chi connectivity index (χ1) is 8.85. The molecule has 1 atom stereocenters. The molecule has 1 aliphatic heterocycles. The lowest BCUT2D eigenvalue weighted by atomic mass is 9.94. The van der Waals surface area contributed by atoms with E-state index in [-0.39, 0.29) is 5.54 Å². The molecule has 2 rings (SSSR count). The van der Waals surface area contributed by atoms with Gasteiger partial charge in [-0.2, -0.15) is 0 Å². The highest BCUT2D eigenvalue weighted by molar-refractivity contribution is 9.10. The maximum atomic E-state index is 5.91. The fraction of sp³-hybridized carbons (Fsp3) is 0.600. The zero-order valence-corrected chi connectivity index (χ0v) is 13.9. The van der Waals surface area contributed by atoms with Gasteiger partial charge in [-0.15, -0.1) is 0 Å². The van der Waals surface area contributed by atoms with Gasteiger partial charge < -0.3 is 10.6 Å². The largest absolute Gasteiger partial charge is 0.363 e. The van der Waals surface area contributed by atoms with E-state index in [9.17, 15) is 0 Å². The second-order valence-corrected chi connectivity index (χ2v) is 7.07. The predicted octanol–water partition coefficient (Wildman–Crippen LogP) is 2.62. The molecule has 19 heavy (non-hydrogen) atoms. The van der Waals surface area contributed by atoms with E-state index in [4.69, 9.17) is 5.73 Å². The average Bonchev–Trinajstić information content (AvgIpc) is 2.29. The molecule has 0 bridgehead atoms. The minimum absolute atomic E-state index is 0.124. The monoisotopic (exact) mass is 325 g/mol. The highest BCUT2D eigenvalue weighted by atomic mass is 79.9. The Morgan fingerprint density at radius 3 is 2.68 bits per heavy atom. The van der Waals surface area contributed by atoms with Gasteiger partial charge in [-0.3, -0.25) is 4.90 Å². The first-order valence-corrected chi connectivity index (χ1v) is 7.58. The Balaban J connectivity index is 2.35. The second-order valence-electron chi connectivity index (χ2n) is 6.16. The number of aryl methyl sites for hydroxylation is 1. The molecule has 1 aliphatic rings. The quantitative estimate of drug-likeness (QED) is 0.907. The molecule has 0 radical (unpaired) electrons. The topological polar surface area (TPSA) is 32.5 Å². The first-order valence-electron chi connectivity index (χ1n) is 6.79. The van der Waals surface area contributed by atoms with Gasteiger partial charge in [-0.05, 0) is 51.6 Å². The SMILES string of the molecule is Cc1cc(Br)ccc1N1CC(CN)N(C)CC1(C)C. The van der Waals surface area contributed by atoms with Crippen LogP contribution in [-0.2, 0) is 0 Å². The van der Waals surface area contributed by atoms with Crippen LogP contribution >= 0.6 is 15.9 Å². The van der Waals surface area contributed by atoms with E-state index in [1.165, 1.54) is 11.3 Å². The van der Waals surface area contributed by atoms with Crippen LogP contribution in [0.3, 0.4) is 0 Å². The van der Waals surface area contributed by atoms with Crippen molar-refractivity contribution in [3.05, 3.63) is 28.2 Å². The molecule has 3 nitrogen and oxygen atoms in total. The van der Waals surface area contributed by atoms with Gasteiger partial charge in [-0.25, -0.2) is 0 Å². The standard InChI is InChI=1S/C15H24BrN3/c1-11-7-12(16)5-6-14(11)19-9-13(8-17)18(4)10-15(19,2)3/h5-7,13H,8-10,17H2,1-4H3. The van der Waals surface area contributed by atoms with Gasteiger partial charge in [0.05, 0.1) is 0 Å². The van der Waals surface area contributed by atoms with Crippen LogP contribution in [0.5, 0.6) is 0 Å². The third kappa shape index (κ3) is 2.96. The van der Waals surface area contributed by atoms with Crippen molar-refractivity contribution in [2.45, 2.75) is 32.4 Å². The number of anilines is 1. The molecule has 4 heteroatoms.